The second kappa shape index (κ2) is 7.70. The van der Waals surface area contributed by atoms with Gasteiger partial charge in [0, 0.05) is 19.7 Å². The van der Waals surface area contributed by atoms with E-state index in [9.17, 15) is 4.79 Å². The lowest BCUT2D eigenvalue weighted by atomic mass is 10.1. The van der Waals surface area contributed by atoms with Crippen molar-refractivity contribution in [3.63, 3.8) is 0 Å². The molecule has 29 heavy (non-hydrogen) atoms. The first-order valence-electron chi connectivity index (χ1n) is 9.14. The second-order valence-electron chi connectivity index (χ2n) is 6.36. The molecule has 0 radical (unpaired) electrons. The summed E-state index contributed by atoms with van der Waals surface area (Å²) in [5.41, 5.74) is 3.61. The molecule has 9 heteroatoms. The summed E-state index contributed by atoms with van der Waals surface area (Å²) >= 11 is 0. The second-order valence-corrected chi connectivity index (χ2v) is 6.36. The first-order chi connectivity index (χ1) is 14.1. The molecule has 0 aliphatic heterocycles. The Morgan fingerprint density at radius 2 is 1.97 bits per heavy atom. The molecule has 1 aromatic carbocycles. The lowest BCUT2D eigenvalue weighted by molar-refractivity contribution is 0.0526. The van der Waals surface area contributed by atoms with Crippen LogP contribution in [0.5, 0.6) is 5.88 Å². The molecular weight excluding hydrogens is 372 g/mol. The molecule has 0 saturated carbocycles. The van der Waals surface area contributed by atoms with E-state index in [1.54, 1.807) is 18.7 Å². The van der Waals surface area contributed by atoms with E-state index < -0.39 is 5.97 Å². The Hall–Kier alpha value is -3.75. The van der Waals surface area contributed by atoms with E-state index in [0.717, 1.165) is 11.3 Å². The minimum absolute atomic E-state index is 0.284. The van der Waals surface area contributed by atoms with Gasteiger partial charge >= 0.3 is 5.97 Å². The fourth-order valence-corrected chi connectivity index (χ4v) is 3.10. The molecule has 0 unspecified atom stereocenters. The Kier molecular flexibility index (Phi) is 4.94. The van der Waals surface area contributed by atoms with Gasteiger partial charge in [0.25, 0.3) is 5.95 Å². The number of fused-ring (bicyclic) bond motifs is 1. The summed E-state index contributed by atoms with van der Waals surface area (Å²) in [6, 6.07) is 10.0. The first kappa shape index (κ1) is 18.6. The first-order valence-corrected chi connectivity index (χ1v) is 9.14. The number of esters is 1. The molecule has 0 aliphatic rings. The number of aromatic nitrogens is 6. The van der Waals surface area contributed by atoms with E-state index in [4.69, 9.17) is 9.47 Å². The predicted octanol–water partition coefficient (Wildman–Crippen LogP) is 2.33. The summed E-state index contributed by atoms with van der Waals surface area (Å²) in [7, 11) is 3.37. The van der Waals surface area contributed by atoms with E-state index in [0.29, 0.717) is 35.5 Å². The maximum Gasteiger partial charge on any atom is 0.341 e. The Labute approximate surface area is 166 Å². The number of benzene rings is 1. The Balaban J connectivity index is 1.80. The zero-order valence-electron chi connectivity index (χ0n) is 16.4. The summed E-state index contributed by atoms with van der Waals surface area (Å²) < 4.78 is 13.6. The van der Waals surface area contributed by atoms with Crippen molar-refractivity contribution in [2.75, 3.05) is 13.7 Å². The minimum Gasteiger partial charge on any atom is -0.479 e. The number of carbonyl (C=O) groups excluding carboxylic acids is 1. The molecule has 9 nitrogen and oxygen atoms in total. The van der Waals surface area contributed by atoms with E-state index in [1.807, 2.05) is 37.4 Å². The number of ether oxygens (including phenoxy) is 2. The van der Waals surface area contributed by atoms with Gasteiger partial charge in [0.05, 0.1) is 31.2 Å². The average molecular weight is 392 g/mol. The smallest absolute Gasteiger partial charge is 0.341 e. The molecule has 0 aliphatic carbocycles. The predicted molar refractivity (Wildman–Crippen MR) is 105 cm³/mol. The summed E-state index contributed by atoms with van der Waals surface area (Å²) in [5, 5.41) is 8.82. The third kappa shape index (κ3) is 3.54. The van der Waals surface area contributed by atoms with Crippen LogP contribution in [0.25, 0.3) is 17.0 Å². The largest absolute Gasteiger partial charge is 0.479 e. The number of hydrogen-bond donors (Lipinski definition) is 0. The summed E-state index contributed by atoms with van der Waals surface area (Å²) in [6.45, 7) is 2.04. The number of aryl methyl sites for hydroxylation is 1. The van der Waals surface area contributed by atoms with Crippen LogP contribution < -0.4 is 4.74 Å². The zero-order valence-corrected chi connectivity index (χ0v) is 16.4. The van der Waals surface area contributed by atoms with Crippen molar-refractivity contribution < 1.29 is 14.3 Å². The highest BCUT2D eigenvalue weighted by Gasteiger charge is 2.20. The van der Waals surface area contributed by atoms with Gasteiger partial charge in [-0.3, -0.25) is 4.68 Å². The van der Waals surface area contributed by atoms with Crippen LogP contribution in [-0.4, -0.2) is 49.2 Å². The van der Waals surface area contributed by atoms with Gasteiger partial charge in [-0.25, -0.2) is 14.5 Å². The topological polar surface area (TPSA) is 96.9 Å². The van der Waals surface area contributed by atoms with Crippen LogP contribution in [0.2, 0.25) is 0 Å². The molecule has 0 bridgehead atoms. The van der Waals surface area contributed by atoms with Gasteiger partial charge in [-0.2, -0.15) is 15.2 Å². The molecule has 4 rings (SSSR count). The standard InChI is InChI=1S/C20H20N6O3/c1-4-29-19(27)14-11-21-26(12-14)20-22-16-15(10-13-8-6-5-7-9-13)24-25(2)17(16)18(23-20)28-3/h5-9,11-12H,4,10H2,1-3H3. The average Bonchev–Trinajstić information content (AvgIpc) is 3.34. The molecule has 4 aromatic rings. The molecule has 3 aromatic heterocycles. The highest BCUT2D eigenvalue weighted by Crippen LogP contribution is 2.27. The lowest BCUT2D eigenvalue weighted by Gasteiger charge is -2.06. The van der Waals surface area contributed by atoms with Gasteiger partial charge in [-0.1, -0.05) is 30.3 Å². The van der Waals surface area contributed by atoms with Crippen molar-refractivity contribution in [2.45, 2.75) is 13.3 Å². The zero-order chi connectivity index (χ0) is 20.4. The van der Waals surface area contributed by atoms with Crippen molar-refractivity contribution >= 4 is 17.0 Å². The van der Waals surface area contributed by atoms with Crippen LogP contribution in [0.15, 0.2) is 42.7 Å². The maximum absolute atomic E-state index is 11.9. The van der Waals surface area contributed by atoms with E-state index >= 15 is 0 Å². The Bertz CT molecular complexity index is 1170. The molecule has 148 valence electrons. The fourth-order valence-electron chi connectivity index (χ4n) is 3.10. The van der Waals surface area contributed by atoms with Gasteiger partial charge in [-0.05, 0) is 12.5 Å². The van der Waals surface area contributed by atoms with Crippen molar-refractivity contribution in [3.8, 4) is 11.8 Å². The van der Waals surface area contributed by atoms with Gasteiger partial charge in [0.15, 0.2) is 0 Å². The van der Waals surface area contributed by atoms with Crippen LogP contribution in [0.1, 0.15) is 28.5 Å². The van der Waals surface area contributed by atoms with Crippen LogP contribution in [0.3, 0.4) is 0 Å². The van der Waals surface area contributed by atoms with Crippen molar-refractivity contribution in [3.05, 3.63) is 59.5 Å². The van der Waals surface area contributed by atoms with Crippen LogP contribution in [-0.2, 0) is 18.2 Å². The number of carbonyl (C=O) groups is 1. The SMILES string of the molecule is CCOC(=O)c1cnn(-c2nc(OC)c3c(n2)c(Cc2ccccc2)nn3C)c1. The number of methoxy groups -OCH3 is 1. The van der Waals surface area contributed by atoms with Gasteiger partial charge < -0.3 is 9.47 Å². The summed E-state index contributed by atoms with van der Waals surface area (Å²) in [4.78, 5) is 21.0. The van der Waals surface area contributed by atoms with Crippen LogP contribution >= 0.6 is 0 Å². The van der Waals surface area contributed by atoms with Crippen molar-refractivity contribution in [2.24, 2.45) is 7.05 Å². The third-order valence-electron chi connectivity index (χ3n) is 4.41. The minimum atomic E-state index is -0.446. The molecule has 0 fully saturated rings. The molecular formula is C20H20N6O3. The third-order valence-corrected chi connectivity index (χ3v) is 4.41. The van der Waals surface area contributed by atoms with Crippen molar-refractivity contribution in [1.82, 2.24) is 29.5 Å². The molecule has 0 N–H and O–H groups in total. The normalized spacial score (nSPS) is 11.0. The van der Waals surface area contributed by atoms with Gasteiger partial charge in [0.2, 0.25) is 5.88 Å². The van der Waals surface area contributed by atoms with E-state index in [-0.39, 0.29) is 5.95 Å². The molecule has 0 amide bonds. The van der Waals surface area contributed by atoms with Gasteiger partial charge in [-0.15, -0.1) is 0 Å². The van der Waals surface area contributed by atoms with Gasteiger partial charge in [0.1, 0.15) is 11.0 Å². The Morgan fingerprint density at radius 1 is 1.17 bits per heavy atom. The number of hydrogen-bond acceptors (Lipinski definition) is 7. The number of rotatable bonds is 6. The molecule has 0 saturated heterocycles. The maximum atomic E-state index is 11.9. The fraction of sp³-hybridized carbons (Fsp3) is 0.250. The van der Waals surface area contributed by atoms with E-state index in [2.05, 4.69) is 20.2 Å². The molecule has 3 heterocycles. The van der Waals surface area contributed by atoms with Crippen LogP contribution in [0, 0.1) is 0 Å². The van der Waals surface area contributed by atoms with Crippen LogP contribution in [0.4, 0.5) is 0 Å². The molecule has 0 spiro atoms. The van der Waals surface area contributed by atoms with Crippen molar-refractivity contribution in [1.29, 1.82) is 0 Å². The quantitative estimate of drug-likeness (QED) is 0.465. The van der Waals surface area contributed by atoms with E-state index in [1.165, 1.54) is 17.1 Å². The Morgan fingerprint density at radius 3 is 2.69 bits per heavy atom. The summed E-state index contributed by atoms with van der Waals surface area (Å²) in [6.07, 6.45) is 3.57. The summed E-state index contributed by atoms with van der Waals surface area (Å²) in [5.74, 6) is 0.220. The number of nitrogens with zero attached hydrogens (tertiary/aromatic N) is 6. The highest BCUT2D eigenvalue weighted by molar-refractivity contribution is 5.89. The molecule has 0 atom stereocenters. The lowest BCUT2D eigenvalue weighted by Crippen LogP contribution is -2.06. The highest BCUT2D eigenvalue weighted by atomic mass is 16.5. The monoisotopic (exact) mass is 392 g/mol.